The highest BCUT2D eigenvalue weighted by molar-refractivity contribution is 5.94. The second-order valence-electron chi connectivity index (χ2n) is 6.89. The van der Waals surface area contributed by atoms with Crippen LogP contribution in [0.2, 0.25) is 0 Å². The van der Waals surface area contributed by atoms with Gasteiger partial charge >= 0.3 is 0 Å². The summed E-state index contributed by atoms with van der Waals surface area (Å²) in [4.78, 5) is 12.6. The van der Waals surface area contributed by atoms with Gasteiger partial charge in [0, 0.05) is 11.6 Å². The molecule has 0 bridgehead atoms. The van der Waals surface area contributed by atoms with E-state index < -0.39 is 0 Å². The van der Waals surface area contributed by atoms with Crippen LogP contribution in [0.4, 0.5) is 5.69 Å². The van der Waals surface area contributed by atoms with Crippen LogP contribution < -0.4 is 5.32 Å². The third kappa shape index (κ3) is 4.34. The van der Waals surface area contributed by atoms with Crippen molar-refractivity contribution >= 4 is 11.6 Å². The highest BCUT2D eigenvalue weighted by atomic mass is 16.2. The molecule has 0 radical (unpaired) electrons. The molecule has 1 aromatic carbocycles. The molecule has 2 heteroatoms. The predicted octanol–water partition coefficient (Wildman–Crippen LogP) is 5.26. The van der Waals surface area contributed by atoms with Crippen LogP contribution >= 0.6 is 0 Å². The van der Waals surface area contributed by atoms with Crippen LogP contribution in [0, 0.1) is 24.7 Å². The summed E-state index contributed by atoms with van der Waals surface area (Å²) in [5.41, 5.74) is 2.11. The topological polar surface area (TPSA) is 29.1 Å². The van der Waals surface area contributed by atoms with Crippen LogP contribution in [-0.2, 0) is 4.79 Å². The molecular formula is C21H27NO. The van der Waals surface area contributed by atoms with E-state index >= 15 is 0 Å². The smallest absolute Gasteiger partial charge is 0.228 e. The second kappa shape index (κ2) is 7.63. The minimum Gasteiger partial charge on any atom is -0.326 e. The molecule has 2 aliphatic rings. The molecule has 0 saturated heterocycles. The van der Waals surface area contributed by atoms with Crippen LogP contribution in [0.25, 0.3) is 0 Å². The van der Waals surface area contributed by atoms with Crippen molar-refractivity contribution in [3.63, 3.8) is 0 Å². The normalized spacial score (nSPS) is 30.2. The molecule has 2 aliphatic carbocycles. The number of aryl methyl sites for hydroxylation is 1. The second-order valence-corrected chi connectivity index (χ2v) is 6.89. The maximum absolute atomic E-state index is 12.6. The van der Waals surface area contributed by atoms with Crippen molar-refractivity contribution < 1.29 is 4.79 Å². The van der Waals surface area contributed by atoms with Gasteiger partial charge in [-0.15, -0.1) is 0 Å². The van der Waals surface area contributed by atoms with E-state index in [4.69, 9.17) is 0 Å². The van der Waals surface area contributed by atoms with Gasteiger partial charge in [-0.2, -0.15) is 0 Å². The Morgan fingerprint density at radius 2 is 1.57 bits per heavy atom. The fraction of sp³-hybridized carbons (Fsp3) is 0.476. The summed E-state index contributed by atoms with van der Waals surface area (Å²) in [5, 5.41) is 3.12. The molecular weight excluding hydrogens is 282 g/mol. The molecule has 1 N–H and O–H groups in total. The standard InChI is InChI=1S/C21H27NO/c1-16-11-10-12-17(15-16)22-21(23)20-18-13-8-6-4-2-3-5-7-9-14-19(18)20/h4-7,10-12,15,18-20H,2-3,8-9,13-14H2,1H3,(H,22,23)/b6-4-,7-5+/t18-,19-,20?/m0/s1. The quantitative estimate of drug-likeness (QED) is 0.742. The van der Waals surface area contributed by atoms with Crippen LogP contribution in [-0.4, -0.2) is 5.91 Å². The van der Waals surface area contributed by atoms with E-state index in [1.165, 1.54) is 5.56 Å². The first-order valence-electron chi connectivity index (χ1n) is 8.93. The highest BCUT2D eigenvalue weighted by Crippen LogP contribution is 2.52. The Morgan fingerprint density at radius 3 is 2.17 bits per heavy atom. The summed E-state index contributed by atoms with van der Waals surface area (Å²) in [5.74, 6) is 1.56. The molecule has 23 heavy (non-hydrogen) atoms. The number of carbonyl (C=O) groups excluding carboxylic acids is 1. The number of rotatable bonds is 2. The van der Waals surface area contributed by atoms with Gasteiger partial charge in [0.05, 0.1) is 0 Å². The van der Waals surface area contributed by atoms with Crippen molar-refractivity contribution in [2.45, 2.75) is 45.4 Å². The van der Waals surface area contributed by atoms with Gasteiger partial charge in [-0.05, 0) is 75.0 Å². The highest BCUT2D eigenvalue weighted by Gasteiger charge is 2.52. The molecule has 1 saturated carbocycles. The van der Waals surface area contributed by atoms with E-state index in [0.29, 0.717) is 11.8 Å². The molecule has 1 aromatic rings. The summed E-state index contributed by atoms with van der Waals surface area (Å²) in [7, 11) is 0. The number of benzene rings is 1. The van der Waals surface area contributed by atoms with Gasteiger partial charge in [-0.1, -0.05) is 36.4 Å². The van der Waals surface area contributed by atoms with Crippen molar-refractivity contribution in [1.82, 2.24) is 0 Å². The maximum atomic E-state index is 12.6. The average molecular weight is 309 g/mol. The van der Waals surface area contributed by atoms with Crippen LogP contribution in [0.15, 0.2) is 48.6 Å². The number of hydrogen-bond donors (Lipinski definition) is 1. The van der Waals surface area contributed by atoms with E-state index in [2.05, 4.69) is 42.6 Å². The third-order valence-electron chi connectivity index (χ3n) is 5.09. The van der Waals surface area contributed by atoms with Gasteiger partial charge in [-0.25, -0.2) is 0 Å². The van der Waals surface area contributed by atoms with Gasteiger partial charge in [0.15, 0.2) is 0 Å². The summed E-state index contributed by atoms with van der Waals surface area (Å²) in [6.07, 6.45) is 16.0. The number of amides is 1. The van der Waals surface area contributed by atoms with E-state index in [-0.39, 0.29) is 11.8 Å². The molecule has 0 spiro atoms. The average Bonchev–Trinajstić information content (AvgIpc) is 3.20. The summed E-state index contributed by atoms with van der Waals surface area (Å²) < 4.78 is 0. The van der Waals surface area contributed by atoms with Crippen molar-refractivity contribution in [1.29, 1.82) is 0 Å². The lowest BCUT2D eigenvalue weighted by Gasteiger charge is -2.05. The molecule has 1 fully saturated rings. The molecule has 2 nitrogen and oxygen atoms in total. The van der Waals surface area contributed by atoms with E-state index in [0.717, 1.165) is 44.2 Å². The van der Waals surface area contributed by atoms with Crippen molar-refractivity contribution in [3.05, 3.63) is 54.1 Å². The molecule has 0 heterocycles. The number of fused-ring (bicyclic) bond motifs is 1. The minimum absolute atomic E-state index is 0.207. The Labute approximate surface area is 139 Å². The largest absolute Gasteiger partial charge is 0.326 e. The van der Waals surface area contributed by atoms with Crippen LogP contribution in [0.3, 0.4) is 0 Å². The number of nitrogens with one attached hydrogen (secondary N) is 1. The van der Waals surface area contributed by atoms with E-state index in [1.807, 2.05) is 18.2 Å². The Balaban J connectivity index is 1.61. The number of carbonyl (C=O) groups is 1. The lowest BCUT2D eigenvalue weighted by atomic mass is 10.1. The predicted molar refractivity (Wildman–Crippen MR) is 96.3 cm³/mol. The summed E-state index contributed by atoms with van der Waals surface area (Å²) >= 11 is 0. The van der Waals surface area contributed by atoms with Gasteiger partial charge < -0.3 is 5.32 Å². The summed E-state index contributed by atoms with van der Waals surface area (Å²) in [6.45, 7) is 2.05. The number of hydrogen-bond acceptors (Lipinski definition) is 1. The number of anilines is 1. The Morgan fingerprint density at radius 1 is 0.957 bits per heavy atom. The minimum atomic E-state index is 0.207. The molecule has 122 valence electrons. The van der Waals surface area contributed by atoms with Gasteiger partial charge in [0.25, 0.3) is 0 Å². The van der Waals surface area contributed by atoms with Gasteiger partial charge in [0.2, 0.25) is 5.91 Å². The Hall–Kier alpha value is -1.83. The lowest BCUT2D eigenvalue weighted by Crippen LogP contribution is -2.15. The van der Waals surface area contributed by atoms with Crippen molar-refractivity contribution in [2.75, 3.05) is 5.32 Å². The first-order chi connectivity index (χ1) is 11.3. The van der Waals surface area contributed by atoms with E-state index in [9.17, 15) is 4.79 Å². The number of allylic oxidation sites excluding steroid dienone is 4. The molecule has 1 unspecified atom stereocenters. The van der Waals surface area contributed by atoms with Crippen molar-refractivity contribution in [3.8, 4) is 0 Å². The van der Waals surface area contributed by atoms with Crippen LogP contribution in [0.5, 0.6) is 0 Å². The monoisotopic (exact) mass is 309 g/mol. The molecule has 0 aromatic heterocycles. The summed E-state index contributed by atoms with van der Waals surface area (Å²) in [6, 6.07) is 8.07. The zero-order valence-electron chi connectivity index (χ0n) is 14.0. The fourth-order valence-electron chi connectivity index (χ4n) is 3.81. The zero-order chi connectivity index (χ0) is 16.1. The lowest BCUT2D eigenvalue weighted by molar-refractivity contribution is -0.117. The third-order valence-corrected chi connectivity index (χ3v) is 5.09. The van der Waals surface area contributed by atoms with Gasteiger partial charge in [-0.3, -0.25) is 4.79 Å². The Bertz CT molecular complexity index is 578. The SMILES string of the molecule is Cc1cccc(NC(=O)C2[C@H]3CC/C=C\CC/C=C/CC[C@H]23)c1. The maximum Gasteiger partial charge on any atom is 0.228 e. The molecule has 1 amide bonds. The first kappa shape index (κ1) is 16.0. The first-order valence-corrected chi connectivity index (χ1v) is 8.93. The van der Waals surface area contributed by atoms with E-state index in [1.54, 1.807) is 0 Å². The zero-order valence-corrected chi connectivity index (χ0v) is 14.0. The Kier molecular flexibility index (Phi) is 5.32. The van der Waals surface area contributed by atoms with Crippen molar-refractivity contribution in [2.24, 2.45) is 17.8 Å². The molecule has 0 aliphatic heterocycles. The molecule has 3 atom stereocenters. The fourth-order valence-corrected chi connectivity index (χ4v) is 3.81. The van der Waals surface area contributed by atoms with Gasteiger partial charge in [0.1, 0.15) is 0 Å². The molecule has 3 rings (SSSR count). The van der Waals surface area contributed by atoms with Crippen LogP contribution in [0.1, 0.15) is 44.1 Å².